The van der Waals surface area contributed by atoms with Crippen LogP contribution in [0.2, 0.25) is 5.02 Å². The van der Waals surface area contributed by atoms with E-state index in [9.17, 15) is 9.36 Å². The average Bonchev–Trinajstić information content (AvgIpc) is 2.82. The molecule has 4 aromatic rings. The number of benzene rings is 4. The second-order valence-corrected chi connectivity index (χ2v) is 10.6. The van der Waals surface area contributed by atoms with Crippen LogP contribution in [0.15, 0.2) is 108 Å². The van der Waals surface area contributed by atoms with Gasteiger partial charge in [-0.3, -0.25) is 9.36 Å². The summed E-state index contributed by atoms with van der Waals surface area (Å²) in [6.07, 6.45) is 0. The Kier molecular flexibility index (Phi) is 6.80. The lowest BCUT2D eigenvalue weighted by atomic mass is 10.2. The Hall–Kier alpha value is -2.85. The predicted molar refractivity (Wildman–Crippen MR) is 134 cm³/mol. The molecule has 7 heteroatoms. The Morgan fingerprint density at radius 2 is 1.38 bits per heavy atom. The minimum Gasteiger partial charge on any atom is -0.436 e. The van der Waals surface area contributed by atoms with Gasteiger partial charge in [-0.1, -0.05) is 63.9 Å². The molecule has 0 aliphatic rings. The molecule has 4 aromatic carbocycles. The molecule has 1 amide bonds. The van der Waals surface area contributed by atoms with Crippen molar-refractivity contribution < 1.29 is 13.9 Å². The van der Waals surface area contributed by atoms with E-state index in [0.717, 1.165) is 4.47 Å². The quantitative estimate of drug-likeness (QED) is 0.286. The van der Waals surface area contributed by atoms with Crippen molar-refractivity contribution in [2.75, 3.05) is 5.32 Å². The van der Waals surface area contributed by atoms with Crippen LogP contribution in [0.1, 0.15) is 10.4 Å². The lowest BCUT2D eigenvalue weighted by Crippen LogP contribution is -2.21. The summed E-state index contributed by atoms with van der Waals surface area (Å²) in [5, 5.41) is 4.25. The molecule has 0 spiro atoms. The first-order valence-electron chi connectivity index (χ1n) is 9.73. The third-order valence-corrected chi connectivity index (χ3v) is 7.88. The Balaban J connectivity index is 1.75. The smallest absolute Gasteiger partial charge is 0.306 e. The van der Waals surface area contributed by atoms with Crippen LogP contribution in [-0.4, -0.2) is 5.91 Å². The third kappa shape index (κ3) is 4.97. The van der Waals surface area contributed by atoms with Gasteiger partial charge in [-0.05, 0) is 66.7 Å². The largest absolute Gasteiger partial charge is 0.436 e. The van der Waals surface area contributed by atoms with E-state index in [4.69, 9.17) is 16.1 Å². The highest BCUT2D eigenvalue weighted by atomic mass is 79.9. The number of hydrogen-bond donors (Lipinski definition) is 1. The molecule has 0 unspecified atom stereocenters. The minimum atomic E-state index is -3.55. The molecule has 1 N–H and O–H groups in total. The molecule has 0 bridgehead atoms. The number of hydrogen-bond acceptors (Lipinski definition) is 3. The molecule has 0 atom stereocenters. The van der Waals surface area contributed by atoms with Crippen molar-refractivity contribution in [1.29, 1.82) is 0 Å². The third-order valence-electron chi connectivity index (χ3n) is 4.71. The van der Waals surface area contributed by atoms with Crippen molar-refractivity contribution in [2.24, 2.45) is 0 Å². The van der Waals surface area contributed by atoms with E-state index in [1.165, 1.54) is 6.07 Å². The van der Waals surface area contributed by atoms with Gasteiger partial charge in [0.2, 0.25) is 0 Å². The predicted octanol–water partition coefficient (Wildman–Crippen LogP) is 6.66. The van der Waals surface area contributed by atoms with Gasteiger partial charge in [0, 0.05) is 15.2 Å². The first kappa shape index (κ1) is 22.3. The van der Waals surface area contributed by atoms with Gasteiger partial charge in [-0.25, -0.2) is 0 Å². The molecular formula is C25H18BrClNO3P. The second kappa shape index (κ2) is 9.74. The highest BCUT2D eigenvalue weighted by molar-refractivity contribution is 9.10. The van der Waals surface area contributed by atoms with Gasteiger partial charge >= 0.3 is 7.37 Å². The van der Waals surface area contributed by atoms with Crippen LogP contribution in [0.5, 0.6) is 5.75 Å². The molecule has 4 rings (SSSR count). The topological polar surface area (TPSA) is 55.4 Å². The maximum atomic E-state index is 14.2. The van der Waals surface area contributed by atoms with Crippen LogP contribution >= 0.6 is 34.9 Å². The zero-order chi connectivity index (χ0) is 22.6. The molecule has 0 aromatic heterocycles. The van der Waals surface area contributed by atoms with Crippen molar-refractivity contribution in [1.82, 2.24) is 0 Å². The zero-order valence-electron chi connectivity index (χ0n) is 16.7. The molecule has 160 valence electrons. The maximum absolute atomic E-state index is 14.2. The van der Waals surface area contributed by atoms with E-state index in [1.807, 2.05) is 24.3 Å². The van der Waals surface area contributed by atoms with Crippen molar-refractivity contribution in [3.8, 4) is 5.75 Å². The molecule has 0 fully saturated rings. The van der Waals surface area contributed by atoms with E-state index in [-0.39, 0.29) is 11.3 Å². The van der Waals surface area contributed by atoms with Gasteiger partial charge in [0.05, 0.1) is 16.2 Å². The Morgan fingerprint density at radius 1 is 0.812 bits per heavy atom. The molecule has 0 saturated heterocycles. The first-order chi connectivity index (χ1) is 15.5. The van der Waals surface area contributed by atoms with Crippen molar-refractivity contribution in [2.45, 2.75) is 0 Å². The fraction of sp³-hybridized carbons (Fsp3) is 0. The van der Waals surface area contributed by atoms with Crippen LogP contribution in [0.4, 0.5) is 5.69 Å². The number of halogens is 2. The fourth-order valence-electron chi connectivity index (χ4n) is 3.13. The average molecular weight is 527 g/mol. The summed E-state index contributed by atoms with van der Waals surface area (Å²) >= 11 is 9.55. The van der Waals surface area contributed by atoms with Gasteiger partial charge < -0.3 is 9.84 Å². The molecule has 0 heterocycles. The molecule has 4 nitrogen and oxygen atoms in total. The Morgan fingerprint density at radius 3 is 1.94 bits per heavy atom. The molecule has 0 saturated carbocycles. The molecular weight excluding hydrogens is 509 g/mol. The number of amides is 1. The summed E-state index contributed by atoms with van der Waals surface area (Å²) in [7, 11) is -3.55. The Bertz CT molecular complexity index is 1240. The number of carbonyl (C=O) groups excluding carboxylic acids is 1. The molecule has 0 aliphatic heterocycles. The van der Waals surface area contributed by atoms with Gasteiger partial charge in [-0.15, -0.1) is 0 Å². The summed E-state index contributed by atoms with van der Waals surface area (Å²) in [5.74, 6) is -0.238. The Labute approximate surface area is 199 Å². The highest BCUT2D eigenvalue weighted by Crippen LogP contribution is 2.46. The van der Waals surface area contributed by atoms with Gasteiger partial charge in [0.1, 0.15) is 5.75 Å². The van der Waals surface area contributed by atoms with Crippen LogP contribution in [0.25, 0.3) is 0 Å². The molecule has 0 aliphatic carbocycles. The second-order valence-electron chi connectivity index (χ2n) is 6.92. The summed E-state index contributed by atoms with van der Waals surface area (Å²) in [4.78, 5) is 13.1. The van der Waals surface area contributed by atoms with Crippen LogP contribution in [0, 0.1) is 0 Å². The van der Waals surface area contributed by atoms with Crippen LogP contribution in [-0.2, 0) is 4.57 Å². The van der Waals surface area contributed by atoms with Crippen LogP contribution in [0.3, 0.4) is 0 Å². The fourth-order valence-corrected chi connectivity index (χ4v) is 5.64. The highest BCUT2D eigenvalue weighted by Gasteiger charge is 2.31. The van der Waals surface area contributed by atoms with E-state index in [0.29, 0.717) is 21.3 Å². The summed E-state index contributed by atoms with van der Waals surface area (Å²) in [5.41, 5.74) is 0.797. The van der Waals surface area contributed by atoms with Gasteiger partial charge in [0.15, 0.2) is 0 Å². The number of anilines is 1. The van der Waals surface area contributed by atoms with Crippen LogP contribution < -0.4 is 20.4 Å². The van der Waals surface area contributed by atoms with Gasteiger partial charge in [-0.2, -0.15) is 0 Å². The lowest BCUT2D eigenvalue weighted by Gasteiger charge is -2.22. The number of carbonyl (C=O) groups is 1. The number of rotatable bonds is 6. The molecule has 32 heavy (non-hydrogen) atoms. The summed E-state index contributed by atoms with van der Waals surface area (Å²) in [6, 6.07) is 29.8. The normalized spacial score (nSPS) is 11.1. The number of nitrogens with one attached hydrogen (secondary N) is 1. The van der Waals surface area contributed by atoms with Crippen molar-refractivity contribution >= 4 is 57.1 Å². The summed E-state index contributed by atoms with van der Waals surface area (Å²) < 4.78 is 21.3. The maximum Gasteiger partial charge on any atom is 0.306 e. The summed E-state index contributed by atoms with van der Waals surface area (Å²) in [6.45, 7) is 0. The molecule has 0 radical (unpaired) electrons. The monoisotopic (exact) mass is 525 g/mol. The standard InChI is InChI=1S/C25H18BrClNO3P/c26-18-11-14-20(15-12-18)28-25(29)23-17-19(27)13-16-24(23)31-32(30,21-7-3-1-4-8-21)22-9-5-2-6-10-22/h1-17H,(H,28,29). The lowest BCUT2D eigenvalue weighted by molar-refractivity contribution is 0.102. The zero-order valence-corrected chi connectivity index (χ0v) is 20.0. The van der Waals surface area contributed by atoms with Crippen molar-refractivity contribution in [3.63, 3.8) is 0 Å². The first-order valence-corrected chi connectivity index (χ1v) is 12.5. The van der Waals surface area contributed by atoms with E-state index in [1.54, 1.807) is 72.8 Å². The minimum absolute atomic E-state index is 0.181. The van der Waals surface area contributed by atoms with Gasteiger partial charge in [0.25, 0.3) is 5.91 Å². The SMILES string of the molecule is O=C(Nc1ccc(Br)cc1)c1cc(Cl)ccc1OP(=O)(c1ccccc1)c1ccccc1. The van der Waals surface area contributed by atoms with Crippen molar-refractivity contribution in [3.05, 3.63) is 118 Å². The van der Waals surface area contributed by atoms with E-state index >= 15 is 0 Å². The van der Waals surface area contributed by atoms with E-state index in [2.05, 4.69) is 21.2 Å². The van der Waals surface area contributed by atoms with E-state index < -0.39 is 13.3 Å².